The van der Waals surface area contributed by atoms with Crippen LogP contribution in [0.5, 0.6) is 0 Å². The van der Waals surface area contributed by atoms with Crippen molar-refractivity contribution in [1.82, 2.24) is 10.2 Å². The molecule has 0 unspecified atom stereocenters. The lowest BCUT2D eigenvalue weighted by molar-refractivity contribution is -0.135. The molecule has 0 spiro atoms. The molecule has 0 saturated carbocycles. The minimum Gasteiger partial charge on any atom is -0.466 e. The Kier molecular flexibility index (Phi) is 10.1. The molecule has 158 valence electrons. The van der Waals surface area contributed by atoms with Crippen molar-refractivity contribution in [3.05, 3.63) is 47.0 Å². The fraction of sp³-hybridized carbons (Fsp3) is 0.421. The number of amides is 2. The minimum absolute atomic E-state index is 0.206. The zero-order valence-electron chi connectivity index (χ0n) is 17.0. The Morgan fingerprint density at radius 3 is 2.48 bits per heavy atom. The number of carbonyl (C=O) groups excluding carboxylic acids is 3. The Hall–Kier alpha value is -2.69. The van der Waals surface area contributed by atoms with Gasteiger partial charge in [0, 0.05) is 25.1 Å². The number of nitrogens with zero attached hydrogens (tertiary/aromatic N) is 1. The number of rotatable bonds is 10. The van der Waals surface area contributed by atoms with Crippen molar-refractivity contribution in [3.63, 3.8) is 0 Å². The van der Waals surface area contributed by atoms with E-state index in [1.807, 2.05) is 32.0 Å². The largest absolute Gasteiger partial charge is 0.635 e. The number of nitrogens with one attached hydrogen (secondary N) is 1. The third-order valence-electron chi connectivity index (χ3n) is 4.10. The number of hydrogen-bond acceptors (Lipinski definition) is 7. The Morgan fingerprint density at radius 2 is 1.93 bits per heavy atom. The number of carbonyl (C=O) groups is 3. The smallest absolute Gasteiger partial charge is 0.466 e. The first-order valence-corrected chi connectivity index (χ1v) is 9.08. The Labute approximate surface area is 170 Å². The highest BCUT2D eigenvalue weighted by Crippen LogP contribution is 2.13. The normalized spacial score (nSPS) is 11.8. The molecule has 0 aliphatic carbocycles. The summed E-state index contributed by atoms with van der Waals surface area (Å²) in [6, 6.07) is 5.74. The van der Waals surface area contributed by atoms with Gasteiger partial charge in [-0.15, -0.1) is 0 Å². The van der Waals surface area contributed by atoms with Crippen molar-refractivity contribution in [1.29, 1.82) is 0 Å². The van der Waals surface area contributed by atoms with Gasteiger partial charge in [-0.05, 0) is 31.9 Å². The van der Waals surface area contributed by atoms with Crippen LogP contribution >= 0.6 is 0 Å². The van der Waals surface area contributed by atoms with E-state index < -0.39 is 31.3 Å². The Bertz CT molecular complexity index is 752. The second-order valence-corrected chi connectivity index (χ2v) is 6.36. The van der Waals surface area contributed by atoms with Crippen LogP contribution in [0.1, 0.15) is 23.6 Å². The van der Waals surface area contributed by atoms with Crippen LogP contribution in [0, 0.1) is 13.8 Å². The van der Waals surface area contributed by atoms with Crippen LogP contribution in [-0.4, -0.2) is 66.5 Å². The van der Waals surface area contributed by atoms with Gasteiger partial charge in [0.2, 0.25) is 11.8 Å². The lowest BCUT2D eigenvalue weighted by Crippen LogP contribution is -2.47. The molecular formula is C19H27BN2O7. The third-order valence-corrected chi connectivity index (χ3v) is 4.10. The summed E-state index contributed by atoms with van der Waals surface area (Å²) in [4.78, 5) is 36.8. The summed E-state index contributed by atoms with van der Waals surface area (Å²) in [5.41, 5.74) is 2.91. The number of esters is 1. The standard InChI is InChI=1S/C19H27BN2O7/c1-5-22(18(24)8-9-19(25)28-4)12-16(23)21-17(29-20(26)27)11-15-7-6-13(2)10-14(15)3/h6-10,17,26-27H,5,11-12H2,1-4H3,(H,21,23)/b9-8+/t17-/m1/s1. The number of aryl methyl sites for hydroxylation is 2. The summed E-state index contributed by atoms with van der Waals surface area (Å²) >= 11 is 0. The molecule has 1 atom stereocenters. The van der Waals surface area contributed by atoms with Crippen LogP contribution in [0.3, 0.4) is 0 Å². The van der Waals surface area contributed by atoms with Gasteiger partial charge in [0.25, 0.3) is 0 Å². The van der Waals surface area contributed by atoms with Crippen molar-refractivity contribution in [2.24, 2.45) is 0 Å². The van der Waals surface area contributed by atoms with Crippen molar-refractivity contribution in [2.45, 2.75) is 33.4 Å². The van der Waals surface area contributed by atoms with Crippen molar-refractivity contribution in [3.8, 4) is 0 Å². The predicted octanol–water partition coefficient (Wildman–Crippen LogP) is -0.148. The van der Waals surface area contributed by atoms with Gasteiger partial charge in [0.1, 0.15) is 6.23 Å². The molecule has 0 aliphatic rings. The van der Waals surface area contributed by atoms with Gasteiger partial charge in [-0.25, -0.2) is 4.79 Å². The molecule has 0 fully saturated rings. The first-order chi connectivity index (χ1) is 13.7. The van der Waals surface area contributed by atoms with Gasteiger partial charge in [0.05, 0.1) is 13.7 Å². The van der Waals surface area contributed by atoms with Gasteiger partial charge in [-0.2, -0.15) is 0 Å². The molecule has 10 heteroatoms. The van der Waals surface area contributed by atoms with Crippen LogP contribution in [0.15, 0.2) is 30.4 Å². The molecule has 1 aromatic rings. The number of likely N-dealkylation sites (N-methyl/N-ethyl adjacent to an activating group) is 1. The number of benzene rings is 1. The summed E-state index contributed by atoms with van der Waals surface area (Å²) in [5, 5.41) is 20.9. The summed E-state index contributed by atoms with van der Waals surface area (Å²) in [6.45, 7) is 5.47. The molecule has 0 saturated heterocycles. The van der Waals surface area contributed by atoms with E-state index in [4.69, 9.17) is 14.7 Å². The monoisotopic (exact) mass is 406 g/mol. The lowest BCUT2D eigenvalue weighted by Gasteiger charge is -2.23. The molecule has 1 aromatic carbocycles. The maximum Gasteiger partial charge on any atom is 0.635 e. The summed E-state index contributed by atoms with van der Waals surface area (Å²) < 4.78 is 9.40. The fourth-order valence-electron chi connectivity index (χ4n) is 2.61. The SMILES string of the molecule is CCN(CC(=O)N[C@@H](Cc1ccc(C)cc1C)OB(O)O)C(=O)/C=C/C(=O)OC. The van der Waals surface area contributed by atoms with Gasteiger partial charge >= 0.3 is 13.3 Å². The van der Waals surface area contributed by atoms with E-state index in [0.29, 0.717) is 0 Å². The highest BCUT2D eigenvalue weighted by atomic mass is 16.6. The van der Waals surface area contributed by atoms with Gasteiger partial charge in [0.15, 0.2) is 0 Å². The highest BCUT2D eigenvalue weighted by Gasteiger charge is 2.22. The molecular weight excluding hydrogens is 379 g/mol. The summed E-state index contributed by atoms with van der Waals surface area (Å²) in [6.07, 6.45) is 1.18. The van der Waals surface area contributed by atoms with Crippen LogP contribution < -0.4 is 5.32 Å². The topological polar surface area (TPSA) is 125 Å². The van der Waals surface area contributed by atoms with Crippen LogP contribution in [0.25, 0.3) is 0 Å². The number of ether oxygens (including phenoxy) is 1. The van der Waals surface area contributed by atoms with E-state index >= 15 is 0 Å². The van der Waals surface area contributed by atoms with E-state index in [1.165, 1.54) is 12.0 Å². The van der Waals surface area contributed by atoms with Gasteiger partial charge < -0.3 is 29.7 Å². The van der Waals surface area contributed by atoms with Crippen molar-refractivity contribution >= 4 is 25.1 Å². The van der Waals surface area contributed by atoms with Gasteiger partial charge in [-0.3, -0.25) is 9.59 Å². The third kappa shape index (κ3) is 8.90. The average Bonchev–Trinajstić information content (AvgIpc) is 2.65. The Balaban J connectivity index is 2.79. The molecule has 0 aromatic heterocycles. The molecule has 0 bridgehead atoms. The molecule has 1 rings (SSSR count). The van der Waals surface area contributed by atoms with E-state index in [1.54, 1.807) is 6.92 Å². The lowest BCUT2D eigenvalue weighted by atomic mass is 10.0. The average molecular weight is 406 g/mol. The molecule has 0 aliphatic heterocycles. The maximum absolute atomic E-state index is 12.4. The van der Waals surface area contributed by atoms with Crippen LogP contribution in [0.2, 0.25) is 0 Å². The quantitative estimate of drug-likeness (QED) is 0.214. The van der Waals surface area contributed by atoms with Crippen LogP contribution in [0.4, 0.5) is 0 Å². The van der Waals surface area contributed by atoms with E-state index in [2.05, 4.69) is 10.1 Å². The molecule has 29 heavy (non-hydrogen) atoms. The summed E-state index contributed by atoms with van der Waals surface area (Å²) in [5.74, 6) is -1.78. The van der Waals surface area contributed by atoms with Gasteiger partial charge in [-0.1, -0.05) is 23.8 Å². The zero-order chi connectivity index (χ0) is 22.0. The number of hydrogen-bond donors (Lipinski definition) is 3. The second-order valence-electron chi connectivity index (χ2n) is 6.36. The fourth-order valence-corrected chi connectivity index (χ4v) is 2.61. The molecule has 0 radical (unpaired) electrons. The van der Waals surface area contributed by atoms with Crippen molar-refractivity contribution in [2.75, 3.05) is 20.2 Å². The predicted molar refractivity (Wildman–Crippen MR) is 106 cm³/mol. The Morgan fingerprint density at radius 1 is 1.24 bits per heavy atom. The molecule has 0 heterocycles. The molecule has 2 amide bonds. The van der Waals surface area contributed by atoms with Crippen LogP contribution in [-0.2, 0) is 30.2 Å². The van der Waals surface area contributed by atoms with Crippen molar-refractivity contribution < 1.29 is 33.8 Å². The summed E-state index contributed by atoms with van der Waals surface area (Å²) in [7, 11) is -0.883. The molecule has 3 N–H and O–H groups in total. The molecule has 9 nitrogen and oxygen atoms in total. The number of methoxy groups -OCH3 is 1. The first kappa shape index (κ1) is 24.4. The second kappa shape index (κ2) is 12.0. The van der Waals surface area contributed by atoms with E-state index in [-0.39, 0.29) is 19.5 Å². The van der Waals surface area contributed by atoms with E-state index in [9.17, 15) is 14.4 Å². The van der Waals surface area contributed by atoms with E-state index in [0.717, 1.165) is 28.8 Å². The maximum atomic E-state index is 12.4. The zero-order valence-corrected chi connectivity index (χ0v) is 17.0. The highest BCUT2D eigenvalue weighted by molar-refractivity contribution is 6.32. The minimum atomic E-state index is -2.07. The first-order valence-electron chi connectivity index (χ1n) is 9.08.